The normalized spacial score (nSPS) is 10.9. The number of thiazole rings is 1. The highest BCUT2D eigenvalue weighted by Crippen LogP contribution is 2.33. The van der Waals surface area contributed by atoms with E-state index >= 15 is 0 Å². The Bertz CT molecular complexity index is 800. The zero-order valence-electron chi connectivity index (χ0n) is 12.7. The second kappa shape index (κ2) is 7.01. The van der Waals surface area contributed by atoms with Crippen LogP contribution in [0.1, 0.15) is 18.4 Å². The molecule has 3 rings (SSSR count). The average molecular weight is 348 g/mol. The summed E-state index contributed by atoms with van der Waals surface area (Å²) in [6, 6.07) is 5.23. The first-order valence-electron chi connectivity index (χ1n) is 7.05. The summed E-state index contributed by atoms with van der Waals surface area (Å²) in [6.45, 7) is 2.04. The van der Waals surface area contributed by atoms with E-state index in [1.54, 1.807) is 35.2 Å². The van der Waals surface area contributed by atoms with Gasteiger partial charge in [-0.3, -0.25) is 5.10 Å². The fourth-order valence-corrected chi connectivity index (χ4v) is 3.59. The Balaban J connectivity index is 1.70. The summed E-state index contributed by atoms with van der Waals surface area (Å²) in [6.07, 6.45) is 0.844. The molecule has 0 aliphatic rings. The minimum atomic E-state index is 0.125. The van der Waals surface area contributed by atoms with Crippen molar-refractivity contribution in [1.82, 2.24) is 20.2 Å². The summed E-state index contributed by atoms with van der Waals surface area (Å²) >= 11 is 3.12. The zero-order chi connectivity index (χ0) is 16.2. The van der Waals surface area contributed by atoms with Crippen LogP contribution in [0.15, 0.2) is 28.7 Å². The summed E-state index contributed by atoms with van der Waals surface area (Å²) in [5.74, 6) is 2.18. The van der Waals surface area contributed by atoms with Gasteiger partial charge in [-0.15, -0.1) is 16.4 Å². The number of benzene rings is 1. The Morgan fingerprint density at radius 3 is 2.96 bits per heavy atom. The molecule has 0 amide bonds. The van der Waals surface area contributed by atoms with Crippen molar-refractivity contribution in [3.63, 3.8) is 0 Å². The molecule has 8 heteroatoms. The molecule has 0 unspecified atom stereocenters. The number of aromatic amines is 1. The van der Waals surface area contributed by atoms with E-state index in [9.17, 15) is 5.11 Å². The SMILES string of the molecule is CCc1nc(SCc2csc(-c3ccc(O)c(OC)c3)n2)n[nH]1. The lowest BCUT2D eigenvalue weighted by atomic mass is 10.2. The number of hydrogen-bond donors (Lipinski definition) is 2. The van der Waals surface area contributed by atoms with Crippen molar-refractivity contribution in [1.29, 1.82) is 0 Å². The highest BCUT2D eigenvalue weighted by Gasteiger charge is 2.10. The van der Waals surface area contributed by atoms with Crippen molar-refractivity contribution < 1.29 is 9.84 Å². The van der Waals surface area contributed by atoms with Crippen molar-refractivity contribution in [2.45, 2.75) is 24.3 Å². The van der Waals surface area contributed by atoms with Gasteiger partial charge in [0.15, 0.2) is 11.5 Å². The monoisotopic (exact) mass is 348 g/mol. The first-order chi connectivity index (χ1) is 11.2. The van der Waals surface area contributed by atoms with Gasteiger partial charge in [-0.1, -0.05) is 18.7 Å². The maximum atomic E-state index is 9.66. The predicted octanol–water partition coefficient (Wildman–Crippen LogP) is 3.50. The van der Waals surface area contributed by atoms with Crippen LogP contribution in [0.2, 0.25) is 0 Å². The van der Waals surface area contributed by atoms with E-state index in [4.69, 9.17) is 4.74 Å². The molecule has 0 bridgehead atoms. The van der Waals surface area contributed by atoms with Gasteiger partial charge in [-0.2, -0.15) is 0 Å². The molecule has 1 aromatic carbocycles. The lowest BCUT2D eigenvalue weighted by molar-refractivity contribution is 0.373. The van der Waals surface area contributed by atoms with Crippen molar-refractivity contribution in [2.75, 3.05) is 7.11 Å². The molecule has 2 heterocycles. The van der Waals surface area contributed by atoms with Gasteiger partial charge in [0.1, 0.15) is 10.8 Å². The molecule has 3 aromatic rings. The molecule has 6 nitrogen and oxygen atoms in total. The molecule has 120 valence electrons. The molecule has 0 saturated carbocycles. The maximum absolute atomic E-state index is 9.66. The van der Waals surface area contributed by atoms with E-state index in [0.717, 1.165) is 33.7 Å². The van der Waals surface area contributed by atoms with E-state index < -0.39 is 0 Å². The molecule has 0 radical (unpaired) electrons. The Morgan fingerprint density at radius 2 is 2.22 bits per heavy atom. The fourth-order valence-electron chi connectivity index (χ4n) is 1.96. The van der Waals surface area contributed by atoms with Crippen LogP contribution in [-0.2, 0) is 12.2 Å². The molecular weight excluding hydrogens is 332 g/mol. The Kier molecular flexibility index (Phi) is 4.82. The van der Waals surface area contributed by atoms with Crippen LogP contribution in [0.5, 0.6) is 11.5 Å². The van der Waals surface area contributed by atoms with Crippen molar-refractivity contribution in [3.05, 3.63) is 35.1 Å². The number of H-pyrrole nitrogens is 1. The predicted molar refractivity (Wildman–Crippen MR) is 91.1 cm³/mol. The van der Waals surface area contributed by atoms with Crippen molar-refractivity contribution in [2.24, 2.45) is 0 Å². The molecule has 2 N–H and O–H groups in total. The number of hydrogen-bond acceptors (Lipinski definition) is 7. The van der Waals surface area contributed by atoms with E-state index in [1.165, 1.54) is 7.11 Å². The van der Waals surface area contributed by atoms with Crippen LogP contribution in [0.4, 0.5) is 0 Å². The number of ether oxygens (including phenoxy) is 1. The van der Waals surface area contributed by atoms with Crippen LogP contribution in [-0.4, -0.2) is 32.4 Å². The van der Waals surface area contributed by atoms with Crippen LogP contribution >= 0.6 is 23.1 Å². The van der Waals surface area contributed by atoms with Gasteiger partial charge in [0.25, 0.3) is 0 Å². The number of aromatic nitrogens is 4. The Hall–Kier alpha value is -2.06. The summed E-state index contributed by atoms with van der Waals surface area (Å²) in [5, 5.41) is 20.4. The number of nitrogens with one attached hydrogen (secondary N) is 1. The third-order valence-electron chi connectivity index (χ3n) is 3.17. The fraction of sp³-hybridized carbons (Fsp3) is 0.267. The topological polar surface area (TPSA) is 83.9 Å². The molecule has 0 spiro atoms. The van der Waals surface area contributed by atoms with E-state index in [1.807, 2.05) is 18.4 Å². The second-order valence-electron chi connectivity index (χ2n) is 4.74. The molecule has 0 aliphatic heterocycles. The van der Waals surface area contributed by atoms with Gasteiger partial charge < -0.3 is 9.84 Å². The largest absolute Gasteiger partial charge is 0.504 e. The van der Waals surface area contributed by atoms with E-state index in [2.05, 4.69) is 20.2 Å². The minimum Gasteiger partial charge on any atom is -0.504 e. The van der Waals surface area contributed by atoms with Gasteiger partial charge in [0.2, 0.25) is 5.16 Å². The summed E-state index contributed by atoms with van der Waals surface area (Å²) in [7, 11) is 1.53. The smallest absolute Gasteiger partial charge is 0.208 e. The molecule has 0 fully saturated rings. The van der Waals surface area contributed by atoms with Gasteiger partial charge in [0, 0.05) is 23.1 Å². The molecule has 0 atom stereocenters. The average Bonchev–Trinajstić information content (AvgIpc) is 3.22. The highest BCUT2D eigenvalue weighted by atomic mass is 32.2. The number of methoxy groups -OCH3 is 1. The quantitative estimate of drug-likeness (QED) is 0.663. The lowest BCUT2D eigenvalue weighted by Gasteiger charge is -2.04. The third kappa shape index (κ3) is 3.65. The van der Waals surface area contributed by atoms with Crippen molar-refractivity contribution in [3.8, 4) is 22.1 Å². The molecule has 23 heavy (non-hydrogen) atoms. The Labute approximate surface area is 142 Å². The standard InChI is InChI=1S/C15H16N4O2S2/c1-3-13-17-15(19-18-13)23-8-10-7-22-14(16-10)9-4-5-11(20)12(6-9)21-2/h4-7,20H,3,8H2,1-2H3,(H,17,18,19). The number of aryl methyl sites for hydroxylation is 1. The van der Waals surface area contributed by atoms with Gasteiger partial charge in [0.05, 0.1) is 12.8 Å². The Morgan fingerprint density at radius 1 is 1.35 bits per heavy atom. The molecule has 0 aliphatic carbocycles. The molecular formula is C15H16N4O2S2. The summed E-state index contributed by atoms with van der Waals surface area (Å²) in [4.78, 5) is 8.99. The van der Waals surface area contributed by atoms with E-state index in [-0.39, 0.29) is 5.75 Å². The van der Waals surface area contributed by atoms with Crippen molar-refractivity contribution >= 4 is 23.1 Å². The zero-order valence-corrected chi connectivity index (χ0v) is 14.4. The van der Waals surface area contributed by atoms with Crippen LogP contribution < -0.4 is 4.74 Å². The molecule has 2 aromatic heterocycles. The minimum absolute atomic E-state index is 0.125. The number of thioether (sulfide) groups is 1. The van der Waals surface area contributed by atoms with Gasteiger partial charge >= 0.3 is 0 Å². The number of nitrogens with zero attached hydrogens (tertiary/aromatic N) is 3. The molecule has 0 saturated heterocycles. The number of aromatic hydroxyl groups is 1. The maximum Gasteiger partial charge on any atom is 0.208 e. The first kappa shape index (κ1) is 15.8. The summed E-state index contributed by atoms with van der Waals surface area (Å²) < 4.78 is 5.13. The lowest BCUT2D eigenvalue weighted by Crippen LogP contribution is -1.86. The number of phenolic OH excluding ortho intramolecular Hbond substituents is 1. The third-order valence-corrected chi connectivity index (χ3v) is 4.99. The van der Waals surface area contributed by atoms with Gasteiger partial charge in [-0.05, 0) is 18.2 Å². The van der Waals surface area contributed by atoms with Crippen LogP contribution in [0.3, 0.4) is 0 Å². The number of phenols is 1. The second-order valence-corrected chi connectivity index (χ2v) is 6.54. The first-order valence-corrected chi connectivity index (χ1v) is 8.92. The highest BCUT2D eigenvalue weighted by molar-refractivity contribution is 7.98. The van der Waals surface area contributed by atoms with E-state index in [0.29, 0.717) is 11.5 Å². The van der Waals surface area contributed by atoms with Crippen LogP contribution in [0, 0.1) is 0 Å². The summed E-state index contributed by atoms with van der Waals surface area (Å²) in [5.41, 5.74) is 1.90. The van der Waals surface area contributed by atoms with Gasteiger partial charge in [-0.25, -0.2) is 9.97 Å². The van der Waals surface area contributed by atoms with Crippen LogP contribution in [0.25, 0.3) is 10.6 Å². The number of rotatable bonds is 6.